The number of anilines is 1. The molecule has 1 aromatic heterocycles. The van der Waals surface area contributed by atoms with Gasteiger partial charge in [-0.25, -0.2) is 9.37 Å². The van der Waals surface area contributed by atoms with Crippen LogP contribution in [0.1, 0.15) is 19.5 Å². The molecule has 0 bridgehead atoms. The van der Waals surface area contributed by atoms with Gasteiger partial charge < -0.3 is 10.5 Å². The number of nitrogen functional groups attached to an aromatic ring is 1. The number of rotatable bonds is 3. The maximum absolute atomic E-state index is 13.5. The number of benzene rings is 1. The van der Waals surface area contributed by atoms with E-state index in [9.17, 15) is 4.39 Å². The minimum absolute atomic E-state index is 0.116. The van der Waals surface area contributed by atoms with Gasteiger partial charge in [-0.2, -0.15) is 0 Å². The normalized spacial score (nSPS) is 11.6. The number of hydrogen-bond acceptors (Lipinski definition) is 4. The van der Waals surface area contributed by atoms with Crippen molar-refractivity contribution >= 4 is 5.69 Å². The Morgan fingerprint density at radius 3 is 2.63 bits per heavy atom. The molecular weight excluding hydrogens is 245 g/mol. The summed E-state index contributed by atoms with van der Waals surface area (Å²) in [5.74, 6) is -0.462. The van der Waals surface area contributed by atoms with Crippen LogP contribution >= 0.6 is 0 Å². The van der Waals surface area contributed by atoms with E-state index in [2.05, 4.69) is 9.97 Å². The van der Waals surface area contributed by atoms with E-state index in [1.54, 1.807) is 25.6 Å². The molecule has 2 rings (SSSR count). The van der Waals surface area contributed by atoms with Crippen LogP contribution in [0, 0.1) is 5.82 Å². The Labute approximate surface area is 111 Å². The molecule has 2 aromatic rings. The second-order valence-corrected chi connectivity index (χ2v) is 4.74. The van der Waals surface area contributed by atoms with Crippen molar-refractivity contribution in [3.63, 3.8) is 0 Å². The molecule has 4 nitrogen and oxygen atoms in total. The van der Waals surface area contributed by atoms with Gasteiger partial charge in [-0.3, -0.25) is 4.98 Å². The minimum atomic E-state index is -0.546. The van der Waals surface area contributed by atoms with Crippen molar-refractivity contribution in [2.24, 2.45) is 0 Å². The first kappa shape index (κ1) is 13.4. The molecule has 0 aliphatic rings. The molecule has 0 amide bonds. The Morgan fingerprint density at radius 2 is 2.00 bits per heavy atom. The minimum Gasteiger partial charge on any atom is -0.396 e. The first-order valence-corrected chi connectivity index (χ1v) is 5.87. The van der Waals surface area contributed by atoms with Crippen molar-refractivity contribution in [2.75, 3.05) is 12.8 Å². The first-order valence-electron chi connectivity index (χ1n) is 5.87. The predicted molar refractivity (Wildman–Crippen MR) is 71.9 cm³/mol. The third-order valence-corrected chi connectivity index (χ3v) is 3.06. The lowest BCUT2D eigenvalue weighted by Crippen LogP contribution is -2.21. The summed E-state index contributed by atoms with van der Waals surface area (Å²) in [4.78, 5) is 8.59. The molecule has 0 atom stereocenters. The fourth-order valence-electron chi connectivity index (χ4n) is 1.59. The van der Waals surface area contributed by atoms with Crippen molar-refractivity contribution < 1.29 is 9.13 Å². The lowest BCUT2D eigenvalue weighted by Gasteiger charge is -2.22. The summed E-state index contributed by atoms with van der Waals surface area (Å²) in [6, 6.07) is 4.58. The Kier molecular flexibility index (Phi) is 3.48. The number of hydrogen-bond donors (Lipinski definition) is 1. The number of nitrogens with two attached hydrogens (primary N) is 1. The summed E-state index contributed by atoms with van der Waals surface area (Å²) < 4.78 is 18.8. The molecule has 19 heavy (non-hydrogen) atoms. The van der Waals surface area contributed by atoms with Gasteiger partial charge in [-0.05, 0) is 26.0 Å². The average molecular weight is 261 g/mol. The molecule has 0 saturated heterocycles. The van der Waals surface area contributed by atoms with Crippen LogP contribution in [-0.2, 0) is 10.3 Å². The Hall–Kier alpha value is -2.01. The van der Waals surface area contributed by atoms with Gasteiger partial charge in [0.05, 0.1) is 29.5 Å². The number of methoxy groups -OCH3 is 1. The maximum atomic E-state index is 13.5. The molecule has 5 heteroatoms. The summed E-state index contributed by atoms with van der Waals surface area (Å²) in [7, 11) is 1.61. The monoisotopic (exact) mass is 261 g/mol. The summed E-state index contributed by atoms with van der Waals surface area (Å²) in [5, 5.41) is 0. The summed E-state index contributed by atoms with van der Waals surface area (Å²) >= 11 is 0. The molecule has 0 aliphatic carbocycles. The molecule has 1 aromatic carbocycles. The maximum Gasteiger partial charge on any atom is 0.146 e. The predicted octanol–water partition coefficient (Wildman–Crippen LogP) is 2.75. The van der Waals surface area contributed by atoms with E-state index in [0.717, 1.165) is 0 Å². The smallest absolute Gasteiger partial charge is 0.146 e. The molecule has 0 unspecified atom stereocenters. The van der Waals surface area contributed by atoms with E-state index in [0.29, 0.717) is 17.0 Å². The van der Waals surface area contributed by atoms with E-state index in [-0.39, 0.29) is 5.69 Å². The van der Waals surface area contributed by atoms with Crippen molar-refractivity contribution in [1.82, 2.24) is 9.97 Å². The highest BCUT2D eigenvalue weighted by atomic mass is 19.1. The second kappa shape index (κ2) is 4.93. The highest BCUT2D eigenvalue weighted by molar-refractivity contribution is 5.61. The highest BCUT2D eigenvalue weighted by Crippen LogP contribution is 2.25. The molecule has 0 radical (unpaired) electrons. The van der Waals surface area contributed by atoms with Gasteiger partial charge in [-0.1, -0.05) is 6.07 Å². The molecule has 0 saturated carbocycles. The Balaban J connectivity index is 2.46. The van der Waals surface area contributed by atoms with Crippen molar-refractivity contribution in [3.05, 3.63) is 42.1 Å². The van der Waals surface area contributed by atoms with Crippen LogP contribution in [0.4, 0.5) is 10.1 Å². The zero-order chi connectivity index (χ0) is 14.0. The van der Waals surface area contributed by atoms with Crippen LogP contribution in [0.25, 0.3) is 11.3 Å². The lowest BCUT2D eigenvalue weighted by atomic mass is 10.0. The van der Waals surface area contributed by atoms with E-state index < -0.39 is 11.4 Å². The van der Waals surface area contributed by atoms with Crippen LogP contribution in [0.3, 0.4) is 0 Å². The number of nitrogens with zero attached hydrogens (tertiary/aromatic N) is 2. The standard InChI is InChI=1S/C14H16FN3O/c1-14(2,19-3)13-8-17-7-12(18-13)9-4-5-11(16)10(15)6-9/h4-8H,16H2,1-3H3. The van der Waals surface area contributed by atoms with E-state index >= 15 is 0 Å². The summed E-state index contributed by atoms with van der Waals surface area (Å²) in [6.45, 7) is 3.79. The van der Waals surface area contributed by atoms with E-state index in [1.165, 1.54) is 12.1 Å². The van der Waals surface area contributed by atoms with Gasteiger partial charge in [0.1, 0.15) is 11.4 Å². The van der Waals surface area contributed by atoms with E-state index in [4.69, 9.17) is 10.5 Å². The van der Waals surface area contributed by atoms with Gasteiger partial charge in [0.25, 0.3) is 0 Å². The van der Waals surface area contributed by atoms with Gasteiger partial charge in [0.15, 0.2) is 0 Å². The van der Waals surface area contributed by atoms with E-state index in [1.807, 2.05) is 13.8 Å². The Morgan fingerprint density at radius 1 is 1.26 bits per heavy atom. The summed E-state index contributed by atoms with van der Waals surface area (Å²) in [6.07, 6.45) is 3.22. The molecule has 1 heterocycles. The third-order valence-electron chi connectivity index (χ3n) is 3.06. The Bertz CT molecular complexity index is 599. The zero-order valence-corrected chi connectivity index (χ0v) is 11.1. The molecule has 0 spiro atoms. The quantitative estimate of drug-likeness (QED) is 0.863. The topological polar surface area (TPSA) is 61.0 Å². The van der Waals surface area contributed by atoms with Gasteiger partial charge in [-0.15, -0.1) is 0 Å². The molecule has 100 valence electrons. The van der Waals surface area contributed by atoms with Gasteiger partial charge in [0, 0.05) is 12.7 Å². The highest BCUT2D eigenvalue weighted by Gasteiger charge is 2.22. The fraction of sp³-hybridized carbons (Fsp3) is 0.286. The van der Waals surface area contributed by atoms with Crippen LogP contribution in [0.5, 0.6) is 0 Å². The molecule has 2 N–H and O–H groups in total. The number of halogens is 1. The second-order valence-electron chi connectivity index (χ2n) is 4.74. The third kappa shape index (κ3) is 2.71. The summed E-state index contributed by atoms with van der Waals surface area (Å²) in [5.41, 5.74) is 6.93. The van der Waals surface area contributed by atoms with Crippen molar-refractivity contribution in [3.8, 4) is 11.3 Å². The zero-order valence-electron chi connectivity index (χ0n) is 11.1. The molecular formula is C14H16FN3O. The largest absolute Gasteiger partial charge is 0.396 e. The van der Waals surface area contributed by atoms with Crippen LogP contribution in [0.15, 0.2) is 30.6 Å². The van der Waals surface area contributed by atoms with Gasteiger partial charge in [0.2, 0.25) is 0 Å². The SMILES string of the molecule is COC(C)(C)c1cncc(-c2ccc(N)c(F)c2)n1. The van der Waals surface area contributed by atoms with Crippen LogP contribution < -0.4 is 5.73 Å². The van der Waals surface area contributed by atoms with Crippen molar-refractivity contribution in [1.29, 1.82) is 0 Å². The first-order chi connectivity index (χ1) is 8.94. The average Bonchev–Trinajstić information content (AvgIpc) is 2.42. The number of ether oxygens (including phenoxy) is 1. The lowest BCUT2D eigenvalue weighted by molar-refractivity contribution is 0.0153. The van der Waals surface area contributed by atoms with Gasteiger partial charge >= 0.3 is 0 Å². The fourth-order valence-corrected chi connectivity index (χ4v) is 1.59. The molecule has 0 aliphatic heterocycles. The van der Waals surface area contributed by atoms with Crippen LogP contribution in [0.2, 0.25) is 0 Å². The van der Waals surface area contributed by atoms with Crippen molar-refractivity contribution in [2.45, 2.75) is 19.4 Å². The van der Waals surface area contributed by atoms with Crippen LogP contribution in [-0.4, -0.2) is 17.1 Å². The molecule has 0 fully saturated rings. The number of aromatic nitrogens is 2.